The molecular formula is C18H13N3O3. The lowest BCUT2D eigenvalue weighted by Crippen LogP contribution is -2.42. The van der Waals surface area contributed by atoms with Crippen molar-refractivity contribution in [2.45, 2.75) is 0 Å². The molecule has 0 unspecified atom stereocenters. The van der Waals surface area contributed by atoms with Crippen LogP contribution in [0.4, 0.5) is 11.4 Å². The number of aromatic nitrogens is 1. The zero-order valence-corrected chi connectivity index (χ0v) is 12.6. The predicted octanol–water partition coefficient (Wildman–Crippen LogP) is 2.94. The SMILES string of the molecule is O=C1CN(C(=O)c2ccc(-c3cnco3)cc2)c2ccccc2N1. The minimum absolute atomic E-state index is 0.000296. The molecule has 0 atom stereocenters. The predicted molar refractivity (Wildman–Crippen MR) is 88.7 cm³/mol. The summed E-state index contributed by atoms with van der Waals surface area (Å²) in [6.07, 6.45) is 2.97. The van der Waals surface area contributed by atoms with E-state index in [0.717, 1.165) is 5.56 Å². The third-order valence-electron chi connectivity index (χ3n) is 3.86. The fourth-order valence-corrected chi connectivity index (χ4v) is 2.71. The van der Waals surface area contributed by atoms with Crippen LogP contribution in [0.5, 0.6) is 0 Å². The molecule has 6 heteroatoms. The van der Waals surface area contributed by atoms with E-state index in [1.807, 2.05) is 18.2 Å². The number of anilines is 2. The molecule has 24 heavy (non-hydrogen) atoms. The van der Waals surface area contributed by atoms with Gasteiger partial charge in [0, 0.05) is 11.1 Å². The average Bonchev–Trinajstić information content (AvgIpc) is 3.15. The summed E-state index contributed by atoms with van der Waals surface area (Å²) >= 11 is 0. The zero-order chi connectivity index (χ0) is 16.5. The highest BCUT2D eigenvalue weighted by Gasteiger charge is 2.27. The van der Waals surface area contributed by atoms with Crippen LogP contribution >= 0.6 is 0 Å². The Kier molecular flexibility index (Phi) is 3.35. The van der Waals surface area contributed by atoms with Gasteiger partial charge < -0.3 is 9.73 Å². The summed E-state index contributed by atoms with van der Waals surface area (Å²) in [5.74, 6) is 0.207. The lowest BCUT2D eigenvalue weighted by Gasteiger charge is -2.29. The monoisotopic (exact) mass is 319 g/mol. The van der Waals surface area contributed by atoms with Crippen LogP contribution in [-0.2, 0) is 4.79 Å². The molecule has 1 N–H and O–H groups in total. The summed E-state index contributed by atoms with van der Waals surface area (Å²) < 4.78 is 5.24. The summed E-state index contributed by atoms with van der Waals surface area (Å²) in [6, 6.07) is 14.3. The number of rotatable bonds is 2. The first-order valence-corrected chi connectivity index (χ1v) is 7.42. The molecule has 0 aliphatic carbocycles. The number of hydrogen-bond donors (Lipinski definition) is 1. The number of fused-ring (bicyclic) bond motifs is 1. The highest BCUT2D eigenvalue weighted by atomic mass is 16.3. The van der Waals surface area contributed by atoms with Crippen molar-refractivity contribution in [3.05, 3.63) is 66.7 Å². The molecule has 1 aliphatic heterocycles. The van der Waals surface area contributed by atoms with Crippen LogP contribution in [0.1, 0.15) is 10.4 Å². The number of para-hydroxylation sites is 2. The van der Waals surface area contributed by atoms with Crippen LogP contribution < -0.4 is 10.2 Å². The number of amides is 2. The van der Waals surface area contributed by atoms with E-state index in [9.17, 15) is 9.59 Å². The second kappa shape index (κ2) is 5.66. The van der Waals surface area contributed by atoms with Crippen molar-refractivity contribution in [1.29, 1.82) is 0 Å². The van der Waals surface area contributed by atoms with E-state index in [0.29, 0.717) is 22.7 Å². The van der Waals surface area contributed by atoms with Crippen molar-refractivity contribution < 1.29 is 14.0 Å². The second-order valence-corrected chi connectivity index (χ2v) is 5.40. The Bertz CT molecular complexity index is 902. The van der Waals surface area contributed by atoms with E-state index in [1.54, 1.807) is 36.5 Å². The molecule has 6 nitrogen and oxygen atoms in total. The highest BCUT2D eigenvalue weighted by molar-refractivity contribution is 6.15. The topological polar surface area (TPSA) is 75.4 Å². The van der Waals surface area contributed by atoms with E-state index in [1.165, 1.54) is 11.3 Å². The number of benzene rings is 2. The van der Waals surface area contributed by atoms with E-state index in [-0.39, 0.29) is 18.4 Å². The van der Waals surface area contributed by atoms with Gasteiger partial charge in [0.2, 0.25) is 5.91 Å². The third kappa shape index (κ3) is 2.44. The van der Waals surface area contributed by atoms with Crippen molar-refractivity contribution in [2.75, 3.05) is 16.8 Å². The maximum Gasteiger partial charge on any atom is 0.258 e. The van der Waals surface area contributed by atoms with Gasteiger partial charge in [-0.1, -0.05) is 24.3 Å². The third-order valence-corrected chi connectivity index (χ3v) is 3.86. The van der Waals surface area contributed by atoms with Crippen LogP contribution in [0, 0.1) is 0 Å². The summed E-state index contributed by atoms with van der Waals surface area (Å²) in [6.45, 7) is -0.000296. The molecule has 0 bridgehead atoms. The van der Waals surface area contributed by atoms with E-state index < -0.39 is 0 Å². The maximum absolute atomic E-state index is 12.8. The van der Waals surface area contributed by atoms with E-state index >= 15 is 0 Å². The number of nitrogens with one attached hydrogen (secondary N) is 1. The highest BCUT2D eigenvalue weighted by Crippen LogP contribution is 2.30. The van der Waals surface area contributed by atoms with Crippen LogP contribution in [0.3, 0.4) is 0 Å². The first-order valence-electron chi connectivity index (χ1n) is 7.42. The van der Waals surface area contributed by atoms with Crippen LogP contribution in [0.2, 0.25) is 0 Å². The minimum atomic E-state index is -0.221. The molecular weight excluding hydrogens is 306 g/mol. The second-order valence-electron chi connectivity index (χ2n) is 5.40. The lowest BCUT2D eigenvalue weighted by atomic mass is 10.1. The van der Waals surface area contributed by atoms with Crippen LogP contribution in [0.25, 0.3) is 11.3 Å². The molecule has 1 aromatic heterocycles. The van der Waals surface area contributed by atoms with Gasteiger partial charge in [0.05, 0.1) is 17.6 Å². The smallest absolute Gasteiger partial charge is 0.258 e. The molecule has 2 aromatic carbocycles. The Hall–Kier alpha value is -3.41. The zero-order valence-electron chi connectivity index (χ0n) is 12.6. The van der Waals surface area contributed by atoms with Crippen molar-refractivity contribution in [3.8, 4) is 11.3 Å². The Labute approximate surface area is 137 Å². The summed E-state index contributed by atoms with van der Waals surface area (Å²) in [5.41, 5.74) is 2.67. The largest absolute Gasteiger partial charge is 0.444 e. The molecule has 118 valence electrons. The fraction of sp³-hybridized carbons (Fsp3) is 0.0556. The van der Waals surface area contributed by atoms with Crippen molar-refractivity contribution in [2.24, 2.45) is 0 Å². The van der Waals surface area contributed by atoms with Gasteiger partial charge in [0.25, 0.3) is 5.91 Å². The molecule has 2 heterocycles. The molecule has 0 fully saturated rings. The van der Waals surface area contributed by atoms with Gasteiger partial charge in [-0.3, -0.25) is 14.5 Å². The van der Waals surface area contributed by atoms with Crippen molar-refractivity contribution >= 4 is 23.2 Å². The molecule has 2 amide bonds. The minimum Gasteiger partial charge on any atom is -0.444 e. The number of carbonyl (C=O) groups excluding carboxylic acids is 2. The Morgan fingerprint density at radius 3 is 2.67 bits per heavy atom. The van der Waals surface area contributed by atoms with Gasteiger partial charge in [0.15, 0.2) is 12.2 Å². The first kappa shape index (κ1) is 14.2. The van der Waals surface area contributed by atoms with E-state index in [2.05, 4.69) is 10.3 Å². The molecule has 0 radical (unpaired) electrons. The summed E-state index contributed by atoms with van der Waals surface area (Å²) in [7, 11) is 0. The van der Waals surface area contributed by atoms with Gasteiger partial charge in [-0.15, -0.1) is 0 Å². The molecule has 0 saturated heterocycles. The number of nitrogens with zero attached hydrogens (tertiary/aromatic N) is 2. The maximum atomic E-state index is 12.8. The lowest BCUT2D eigenvalue weighted by molar-refractivity contribution is -0.115. The van der Waals surface area contributed by atoms with Gasteiger partial charge in [0.1, 0.15) is 6.54 Å². The normalized spacial score (nSPS) is 13.3. The number of hydrogen-bond acceptors (Lipinski definition) is 4. The summed E-state index contributed by atoms with van der Waals surface area (Å²) in [4.78, 5) is 30.0. The van der Waals surface area contributed by atoms with E-state index in [4.69, 9.17) is 4.42 Å². The quantitative estimate of drug-likeness (QED) is 0.788. The fourth-order valence-electron chi connectivity index (χ4n) is 2.71. The van der Waals surface area contributed by atoms with Gasteiger partial charge in [-0.2, -0.15) is 0 Å². The van der Waals surface area contributed by atoms with Gasteiger partial charge >= 0.3 is 0 Å². The van der Waals surface area contributed by atoms with Crippen molar-refractivity contribution in [1.82, 2.24) is 4.98 Å². The number of oxazole rings is 1. The van der Waals surface area contributed by atoms with Crippen LogP contribution in [0.15, 0.2) is 65.5 Å². The Balaban J connectivity index is 1.65. The first-order chi connectivity index (χ1) is 11.7. The molecule has 1 aliphatic rings. The summed E-state index contributed by atoms with van der Waals surface area (Å²) in [5, 5.41) is 2.77. The molecule has 0 saturated carbocycles. The van der Waals surface area contributed by atoms with Gasteiger partial charge in [-0.05, 0) is 24.3 Å². The molecule has 3 aromatic rings. The van der Waals surface area contributed by atoms with Crippen LogP contribution in [-0.4, -0.2) is 23.3 Å². The molecule has 4 rings (SSSR count). The Morgan fingerprint density at radius 2 is 1.92 bits per heavy atom. The van der Waals surface area contributed by atoms with Gasteiger partial charge in [-0.25, -0.2) is 4.98 Å². The Morgan fingerprint density at radius 1 is 1.12 bits per heavy atom. The standard InChI is InChI=1S/C18H13N3O3/c22-17-10-21(15-4-2-1-3-14(15)20-17)18(23)13-7-5-12(6-8-13)16-9-19-11-24-16/h1-9,11H,10H2,(H,20,22). The molecule has 0 spiro atoms. The number of carbonyl (C=O) groups is 2. The average molecular weight is 319 g/mol. The van der Waals surface area contributed by atoms with Crippen molar-refractivity contribution in [3.63, 3.8) is 0 Å².